The number of rotatable bonds is 7. The molecule has 0 unspecified atom stereocenters. The van der Waals surface area contributed by atoms with E-state index in [2.05, 4.69) is 11.0 Å². The molecule has 2 aliphatic heterocycles. The van der Waals surface area contributed by atoms with E-state index in [1.807, 2.05) is 18.2 Å². The van der Waals surface area contributed by atoms with Crippen LogP contribution in [0.1, 0.15) is 18.4 Å². The Morgan fingerprint density at radius 3 is 2.49 bits per heavy atom. The number of benzene rings is 3. The molecule has 0 aliphatic carbocycles. The molecule has 1 saturated heterocycles. The Balaban J connectivity index is 1.40. The Bertz CT molecular complexity index is 1290. The second kappa shape index (κ2) is 9.97. The summed E-state index contributed by atoms with van der Waals surface area (Å²) < 4.78 is 45.6. The number of methoxy groups -OCH3 is 1. The zero-order chi connectivity index (χ0) is 24.4. The SMILES string of the molecule is COc1cccc(CN2CCC(N(c3ccc4c(c3)OCO4)S(=O)(=O)c3ccc(Cl)cc3)CC2)c1. The molecule has 35 heavy (non-hydrogen) atoms. The summed E-state index contributed by atoms with van der Waals surface area (Å²) in [5, 5.41) is 0.490. The lowest BCUT2D eigenvalue weighted by atomic mass is 10.0. The maximum atomic E-state index is 13.9. The molecule has 7 nitrogen and oxygen atoms in total. The normalized spacial score (nSPS) is 16.3. The van der Waals surface area contributed by atoms with Crippen molar-refractivity contribution in [1.82, 2.24) is 4.90 Å². The van der Waals surface area contributed by atoms with Crippen molar-refractivity contribution in [3.63, 3.8) is 0 Å². The zero-order valence-electron chi connectivity index (χ0n) is 19.4. The van der Waals surface area contributed by atoms with Crippen LogP contribution in [0, 0.1) is 0 Å². The highest BCUT2D eigenvalue weighted by Crippen LogP contribution is 2.39. The standard InChI is InChI=1S/C26H27ClN2O5S/c1-32-23-4-2-3-19(15-23)17-28-13-11-21(12-14-28)29(22-7-10-25-26(16-22)34-18-33-25)35(30,31)24-8-5-20(27)6-9-24/h2-10,15-16,21H,11-14,17-18H2,1H3. The van der Waals surface area contributed by atoms with E-state index in [1.54, 1.807) is 53.9 Å². The Morgan fingerprint density at radius 1 is 1.00 bits per heavy atom. The maximum absolute atomic E-state index is 13.9. The van der Waals surface area contributed by atoms with E-state index in [0.717, 1.165) is 25.4 Å². The fourth-order valence-electron chi connectivity index (χ4n) is 4.63. The van der Waals surface area contributed by atoms with Crippen molar-refractivity contribution in [2.75, 3.05) is 31.3 Å². The van der Waals surface area contributed by atoms with Gasteiger partial charge in [-0.15, -0.1) is 0 Å². The van der Waals surface area contributed by atoms with Crippen LogP contribution in [-0.4, -0.2) is 46.4 Å². The second-order valence-corrected chi connectivity index (χ2v) is 10.9. The predicted molar refractivity (Wildman–Crippen MR) is 135 cm³/mol. The summed E-state index contributed by atoms with van der Waals surface area (Å²) in [6, 6.07) is 19.4. The molecule has 3 aromatic carbocycles. The van der Waals surface area contributed by atoms with Crippen LogP contribution in [0.15, 0.2) is 71.6 Å². The molecular formula is C26H27ClN2O5S. The number of hydrogen-bond acceptors (Lipinski definition) is 6. The van der Waals surface area contributed by atoms with E-state index in [9.17, 15) is 8.42 Å². The number of likely N-dealkylation sites (tertiary alicyclic amines) is 1. The molecule has 0 N–H and O–H groups in total. The second-order valence-electron chi connectivity index (χ2n) is 8.65. The van der Waals surface area contributed by atoms with Gasteiger partial charge in [0.1, 0.15) is 5.75 Å². The molecule has 1 fully saturated rings. The van der Waals surface area contributed by atoms with Gasteiger partial charge < -0.3 is 14.2 Å². The zero-order valence-corrected chi connectivity index (χ0v) is 21.0. The molecule has 184 valence electrons. The third-order valence-electron chi connectivity index (χ3n) is 6.41. The number of anilines is 1. The van der Waals surface area contributed by atoms with E-state index < -0.39 is 10.0 Å². The highest BCUT2D eigenvalue weighted by Gasteiger charge is 2.35. The van der Waals surface area contributed by atoms with E-state index in [1.165, 1.54) is 5.56 Å². The summed E-state index contributed by atoms with van der Waals surface area (Å²) in [6.45, 7) is 2.47. The number of hydrogen-bond donors (Lipinski definition) is 0. The summed E-state index contributed by atoms with van der Waals surface area (Å²) in [7, 11) is -2.17. The first kappa shape index (κ1) is 23.8. The number of halogens is 1. The van der Waals surface area contributed by atoms with Gasteiger partial charge in [0.15, 0.2) is 11.5 Å². The molecule has 2 heterocycles. The summed E-state index contributed by atoms with van der Waals surface area (Å²) in [5.74, 6) is 2.00. The van der Waals surface area contributed by atoms with Gasteiger partial charge in [0.25, 0.3) is 10.0 Å². The molecule has 0 aromatic heterocycles. The lowest BCUT2D eigenvalue weighted by Crippen LogP contribution is -2.47. The van der Waals surface area contributed by atoms with Crippen molar-refractivity contribution >= 4 is 27.3 Å². The number of ether oxygens (including phenoxy) is 3. The minimum Gasteiger partial charge on any atom is -0.497 e. The number of nitrogens with zero attached hydrogens (tertiary/aromatic N) is 2. The summed E-state index contributed by atoms with van der Waals surface area (Å²) in [5.41, 5.74) is 1.74. The van der Waals surface area contributed by atoms with Gasteiger partial charge in [0.05, 0.1) is 17.7 Å². The van der Waals surface area contributed by atoms with E-state index in [0.29, 0.717) is 35.1 Å². The van der Waals surface area contributed by atoms with Crippen molar-refractivity contribution in [3.05, 3.63) is 77.3 Å². The molecule has 5 rings (SSSR count). The molecule has 0 saturated carbocycles. The molecule has 0 amide bonds. The van der Waals surface area contributed by atoms with Gasteiger partial charge >= 0.3 is 0 Å². The van der Waals surface area contributed by atoms with Gasteiger partial charge in [-0.3, -0.25) is 9.21 Å². The van der Waals surface area contributed by atoms with Gasteiger partial charge in [-0.1, -0.05) is 23.7 Å². The van der Waals surface area contributed by atoms with Gasteiger partial charge in [-0.25, -0.2) is 8.42 Å². The van der Waals surface area contributed by atoms with E-state index >= 15 is 0 Å². The molecule has 3 aromatic rings. The molecule has 2 aliphatic rings. The van der Waals surface area contributed by atoms with Gasteiger partial charge in [-0.05, 0) is 66.9 Å². The Kier molecular flexibility index (Phi) is 6.77. The number of piperidine rings is 1. The molecule has 0 radical (unpaired) electrons. The fourth-order valence-corrected chi connectivity index (χ4v) is 6.46. The van der Waals surface area contributed by atoms with Gasteiger partial charge in [0, 0.05) is 36.8 Å². The van der Waals surface area contributed by atoms with Crippen molar-refractivity contribution < 1.29 is 22.6 Å². The Morgan fingerprint density at radius 2 is 1.74 bits per heavy atom. The highest BCUT2D eigenvalue weighted by atomic mass is 35.5. The van der Waals surface area contributed by atoms with Crippen molar-refractivity contribution in [1.29, 1.82) is 0 Å². The molecule has 0 spiro atoms. The van der Waals surface area contributed by atoms with E-state index in [-0.39, 0.29) is 17.7 Å². The summed E-state index contributed by atoms with van der Waals surface area (Å²) >= 11 is 6.02. The summed E-state index contributed by atoms with van der Waals surface area (Å²) in [4.78, 5) is 2.55. The smallest absolute Gasteiger partial charge is 0.264 e. The van der Waals surface area contributed by atoms with E-state index in [4.69, 9.17) is 25.8 Å². The topological polar surface area (TPSA) is 68.3 Å². The average molecular weight is 515 g/mol. The first-order valence-electron chi connectivity index (χ1n) is 11.5. The number of fused-ring (bicyclic) bond motifs is 1. The number of sulfonamides is 1. The summed E-state index contributed by atoms with van der Waals surface area (Å²) in [6.07, 6.45) is 1.40. The first-order valence-corrected chi connectivity index (χ1v) is 13.3. The minimum absolute atomic E-state index is 0.130. The van der Waals surface area contributed by atoms with Crippen LogP contribution in [0.2, 0.25) is 5.02 Å². The predicted octanol–water partition coefficient (Wildman–Crippen LogP) is 4.94. The van der Waals surface area contributed by atoms with Crippen LogP contribution in [-0.2, 0) is 16.6 Å². The molecule has 0 atom stereocenters. The molecule has 0 bridgehead atoms. The van der Waals surface area contributed by atoms with Gasteiger partial charge in [-0.2, -0.15) is 0 Å². The molecular weight excluding hydrogens is 488 g/mol. The van der Waals surface area contributed by atoms with Crippen LogP contribution >= 0.6 is 11.6 Å². The van der Waals surface area contributed by atoms with Crippen molar-refractivity contribution in [2.24, 2.45) is 0 Å². The van der Waals surface area contributed by atoms with Crippen LogP contribution in [0.3, 0.4) is 0 Å². The van der Waals surface area contributed by atoms with Crippen LogP contribution in [0.4, 0.5) is 5.69 Å². The quantitative estimate of drug-likeness (QED) is 0.445. The Hall–Kier alpha value is -2.94. The first-order chi connectivity index (χ1) is 16.9. The average Bonchev–Trinajstić information content (AvgIpc) is 3.34. The monoisotopic (exact) mass is 514 g/mol. The minimum atomic E-state index is -3.83. The lowest BCUT2D eigenvalue weighted by molar-refractivity contribution is 0.174. The Labute approximate surface area is 210 Å². The maximum Gasteiger partial charge on any atom is 0.264 e. The van der Waals surface area contributed by atoms with Crippen LogP contribution in [0.5, 0.6) is 17.2 Å². The van der Waals surface area contributed by atoms with Crippen molar-refractivity contribution in [3.8, 4) is 17.2 Å². The van der Waals surface area contributed by atoms with Crippen molar-refractivity contribution in [2.45, 2.75) is 30.3 Å². The molecule has 9 heteroatoms. The highest BCUT2D eigenvalue weighted by molar-refractivity contribution is 7.92. The van der Waals surface area contributed by atoms with Crippen LogP contribution in [0.25, 0.3) is 0 Å². The third-order valence-corrected chi connectivity index (χ3v) is 8.56. The lowest BCUT2D eigenvalue weighted by Gasteiger charge is -2.39. The third kappa shape index (κ3) is 5.05. The largest absolute Gasteiger partial charge is 0.497 e. The van der Waals surface area contributed by atoms with Gasteiger partial charge in [0.2, 0.25) is 6.79 Å². The van der Waals surface area contributed by atoms with Crippen LogP contribution < -0.4 is 18.5 Å². The fraction of sp³-hybridized carbons (Fsp3) is 0.308.